The van der Waals surface area contributed by atoms with Crippen LogP contribution in [0.15, 0.2) is 86.9 Å². The number of aliphatic hydroxyl groups excluding tert-OH is 1. The molecule has 0 spiro atoms. The van der Waals surface area contributed by atoms with E-state index in [9.17, 15) is 27.9 Å². The van der Waals surface area contributed by atoms with E-state index >= 15 is 0 Å². The molecule has 7 nitrogen and oxygen atoms in total. The molecule has 178 valence electrons. The van der Waals surface area contributed by atoms with Gasteiger partial charge in [-0.1, -0.05) is 24.3 Å². The van der Waals surface area contributed by atoms with E-state index in [2.05, 4.69) is 4.74 Å². The van der Waals surface area contributed by atoms with Gasteiger partial charge in [-0.05, 0) is 43.3 Å². The van der Waals surface area contributed by atoms with Crippen molar-refractivity contribution in [2.24, 2.45) is 0 Å². The molecule has 2 aromatic heterocycles. The minimum atomic E-state index is -4.95. The van der Waals surface area contributed by atoms with Crippen LogP contribution >= 0.6 is 0 Å². The number of ether oxygens (including phenoxy) is 1. The number of carbonyl (C=O) groups is 2. The molecule has 1 N–H and O–H groups in total. The van der Waals surface area contributed by atoms with E-state index in [1.165, 1.54) is 24.3 Å². The largest absolute Gasteiger partial charge is 0.573 e. The van der Waals surface area contributed by atoms with Crippen LogP contribution in [0.4, 0.5) is 18.9 Å². The zero-order valence-corrected chi connectivity index (χ0v) is 18.0. The maximum absolute atomic E-state index is 13.5. The van der Waals surface area contributed by atoms with Gasteiger partial charge in [-0.15, -0.1) is 13.2 Å². The van der Waals surface area contributed by atoms with Gasteiger partial charge in [0.05, 0.1) is 5.57 Å². The number of fused-ring (bicyclic) bond motifs is 1. The second-order valence-corrected chi connectivity index (χ2v) is 7.81. The number of hydrogen-bond donors (Lipinski definition) is 1. The van der Waals surface area contributed by atoms with Gasteiger partial charge in [-0.3, -0.25) is 14.5 Å². The maximum Gasteiger partial charge on any atom is 0.573 e. The van der Waals surface area contributed by atoms with Gasteiger partial charge in [0.15, 0.2) is 11.5 Å². The molecule has 2 aromatic carbocycles. The Labute approximate surface area is 195 Å². The first-order valence-corrected chi connectivity index (χ1v) is 10.3. The first-order valence-electron chi connectivity index (χ1n) is 10.3. The molecule has 0 fully saturated rings. The Morgan fingerprint density at radius 1 is 1.03 bits per heavy atom. The highest BCUT2D eigenvalue weighted by atomic mass is 19.4. The summed E-state index contributed by atoms with van der Waals surface area (Å²) in [6, 6.07) is 14.9. The topological polar surface area (TPSA) is 93.1 Å². The molecule has 10 heteroatoms. The third kappa shape index (κ3) is 4.03. The third-order valence-corrected chi connectivity index (χ3v) is 5.46. The average molecular weight is 483 g/mol. The fraction of sp³-hybridized carbons (Fsp3) is 0.120. The van der Waals surface area contributed by atoms with Crippen LogP contribution in [-0.4, -0.2) is 23.2 Å². The van der Waals surface area contributed by atoms with Crippen molar-refractivity contribution >= 4 is 28.3 Å². The number of aliphatic hydroxyl groups is 1. The highest BCUT2D eigenvalue weighted by molar-refractivity contribution is 6.20. The third-order valence-electron chi connectivity index (χ3n) is 5.46. The molecule has 4 aromatic rings. The second-order valence-electron chi connectivity index (χ2n) is 7.81. The van der Waals surface area contributed by atoms with Crippen molar-refractivity contribution in [3.8, 4) is 5.75 Å². The number of benzene rings is 2. The number of rotatable bonds is 5. The molecule has 0 saturated carbocycles. The molecule has 0 bridgehead atoms. The fourth-order valence-corrected chi connectivity index (χ4v) is 4.03. The van der Waals surface area contributed by atoms with Crippen LogP contribution in [-0.2, 0) is 4.79 Å². The molecule has 1 amide bonds. The number of aryl methyl sites for hydroxylation is 1. The summed E-state index contributed by atoms with van der Waals surface area (Å²) in [5.74, 6) is -2.73. The highest BCUT2D eigenvalue weighted by Crippen LogP contribution is 2.43. The van der Waals surface area contributed by atoms with Crippen molar-refractivity contribution in [3.05, 3.63) is 95.3 Å². The molecule has 0 aliphatic carbocycles. The van der Waals surface area contributed by atoms with E-state index in [0.717, 1.165) is 17.0 Å². The van der Waals surface area contributed by atoms with Crippen molar-refractivity contribution in [1.29, 1.82) is 0 Å². The van der Waals surface area contributed by atoms with Crippen LogP contribution in [0.3, 0.4) is 0 Å². The Morgan fingerprint density at radius 2 is 1.80 bits per heavy atom. The van der Waals surface area contributed by atoms with E-state index in [4.69, 9.17) is 8.83 Å². The van der Waals surface area contributed by atoms with E-state index in [1.807, 2.05) is 0 Å². The van der Waals surface area contributed by atoms with Crippen LogP contribution in [0.25, 0.3) is 11.0 Å². The van der Waals surface area contributed by atoms with Crippen LogP contribution in [0, 0.1) is 6.92 Å². The summed E-state index contributed by atoms with van der Waals surface area (Å²) in [6.07, 6.45) is -4.95. The van der Waals surface area contributed by atoms with Gasteiger partial charge in [0.25, 0.3) is 5.91 Å². The molecule has 1 atom stereocenters. The lowest BCUT2D eigenvalue weighted by Crippen LogP contribution is -2.31. The van der Waals surface area contributed by atoms with Gasteiger partial charge >= 0.3 is 6.36 Å². The van der Waals surface area contributed by atoms with E-state index in [-0.39, 0.29) is 22.8 Å². The van der Waals surface area contributed by atoms with Crippen LogP contribution in [0.5, 0.6) is 5.75 Å². The minimum absolute atomic E-state index is 0.0465. The van der Waals surface area contributed by atoms with Gasteiger partial charge in [0.1, 0.15) is 28.9 Å². The Bertz CT molecular complexity index is 1460. The van der Waals surface area contributed by atoms with Crippen molar-refractivity contribution in [2.45, 2.75) is 19.3 Å². The first kappa shape index (κ1) is 22.3. The summed E-state index contributed by atoms with van der Waals surface area (Å²) in [5, 5.41) is 11.4. The lowest BCUT2D eigenvalue weighted by molar-refractivity contribution is -0.274. The monoisotopic (exact) mass is 483 g/mol. The number of alkyl halides is 3. The summed E-state index contributed by atoms with van der Waals surface area (Å²) in [5.41, 5.74) is 0.0554. The first-order chi connectivity index (χ1) is 16.6. The highest BCUT2D eigenvalue weighted by Gasteiger charge is 2.47. The molecule has 1 aliphatic rings. The molecular weight excluding hydrogens is 467 g/mol. The maximum atomic E-state index is 13.5. The minimum Gasteiger partial charge on any atom is -0.503 e. The predicted molar refractivity (Wildman–Crippen MR) is 117 cm³/mol. The summed E-state index contributed by atoms with van der Waals surface area (Å²) in [6.45, 7) is 1.65. The Balaban J connectivity index is 1.61. The van der Waals surface area contributed by atoms with Crippen LogP contribution in [0.2, 0.25) is 0 Å². The second kappa shape index (κ2) is 8.08. The van der Waals surface area contributed by atoms with Crippen molar-refractivity contribution < 1.29 is 41.4 Å². The number of nitrogens with zero attached hydrogens (tertiary/aromatic N) is 1. The Morgan fingerprint density at radius 3 is 2.49 bits per heavy atom. The lowest BCUT2D eigenvalue weighted by Gasteiger charge is -2.25. The average Bonchev–Trinajstić information content (AvgIpc) is 3.49. The molecule has 3 heterocycles. The van der Waals surface area contributed by atoms with Crippen LogP contribution < -0.4 is 9.64 Å². The summed E-state index contributed by atoms with van der Waals surface area (Å²) < 4.78 is 53.5. The zero-order valence-electron chi connectivity index (χ0n) is 18.0. The molecule has 1 aliphatic heterocycles. The number of para-hydroxylation sites is 1. The van der Waals surface area contributed by atoms with Gasteiger partial charge in [-0.2, -0.15) is 0 Å². The van der Waals surface area contributed by atoms with Gasteiger partial charge < -0.3 is 18.7 Å². The number of Topliss-reactive ketones (excluding diaryl/α,β-unsaturated/α-hetero) is 1. The quantitative estimate of drug-likeness (QED) is 0.349. The number of carbonyl (C=O) groups excluding carboxylic acids is 2. The van der Waals surface area contributed by atoms with Crippen molar-refractivity contribution in [3.63, 3.8) is 0 Å². The van der Waals surface area contributed by atoms with Crippen molar-refractivity contribution in [1.82, 2.24) is 0 Å². The molecule has 1 unspecified atom stereocenters. The van der Waals surface area contributed by atoms with Gasteiger partial charge in [0, 0.05) is 17.1 Å². The Hall–Kier alpha value is -4.47. The summed E-state index contributed by atoms with van der Waals surface area (Å²) >= 11 is 0. The normalized spacial score (nSPS) is 16.4. The number of anilines is 1. The number of hydrogen-bond acceptors (Lipinski definition) is 6. The van der Waals surface area contributed by atoms with Gasteiger partial charge in [0.2, 0.25) is 5.78 Å². The Kier molecular flexibility index (Phi) is 5.16. The smallest absolute Gasteiger partial charge is 0.503 e. The van der Waals surface area contributed by atoms with E-state index in [0.29, 0.717) is 16.7 Å². The number of ketones is 1. The fourth-order valence-electron chi connectivity index (χ4n) is 4.03. The molecule has 0 radical (unpaired) electrons. The van der Waals surface area contributed by atoms with E-state index < -0.39 is 35.6 Å². The standard InChI is InChI=1S/C25H16F3NO6/c1-13-9-10-18(33-13)21-20(22(30)19-11-14-5-2-3-8-17(14)34-19)23(31)24(32)29(21)15-6-4-7-16(12-15)35-25(26,27)28/h2-12,21,31H,1H3. The van der Waals surface area contributed by atoms with Crippen LogP contribution in [0.1, 0.15) is 28.1 Å². The number of amides is 1. The molecule has 35 heavy (non-hydrogen) atoms. The predicted octanol–water partition coefficient (Wildman–Crippen LogP) is 6.02. The molecular formula is C25H16F3NO6. The van der Waals surface area contributed by atoms with E-state index in [1.54, 1.807) is 37.3 Å². The zero-order chi connectivity index (χ0) is 24.9. The SMILES string of the molecule is Cc1ccc(C2C(C(=O)c3cc4ccccc4o3)=C(O)C(=O)N2c2cccc(OC(F)(F)F)c2)o1. The summed E-state index contributed by atoms with van der Waals surface area (Å²) in [4.78, 5) is 27.6. The molecule has 0 saturated heterocycles. The number of furan rings is 2. The lowest BCUT2D eigenvalue weighted by atomic mass is 9.99. The summed E-state index contributed by atoms with van der Waals surface area (Å²) in [7, 11) is 0. The van der Waals surface area contributed by atoms with Gasteiger partial charge in [-0.25, -0.2) is 0 Å². The van der Waals surface area contributed by atoms with Crippen molar-refractivity contribution in [2.75, 3.05) is 4.90 Å². The molecule has 5 rings (SSSR count). The number of halogens is 3.